The molecule has 3 rings (SSSR count). The van der Waals surface area contributed by atoms with Crippen molar-refractivity contribution in [1.29, 1.82) is 0 Å². The second-order valence-electron chi connectivity index (χ2n) is 10.4. The highest BCUT2D eigenvalue weighted by atomic mass is 15.2. The molecular weight excluding hydrogens is 326 g/mol. The van der Waals surface area contributed by atoms with Crippen molar-refractivity contribution in [2.45, 2.75) is 147 Å². The van der Waals surface area contributed by atoms with Gasteiger partial charge in [-0.3, -0.25) is 0 Å². The Bertz CT molecular complexity index is 364. The van der Waals surface area contributed by atoms with E-state index in [0.29, 0.717) is 0 Å². The number of rotatable bonds is 2. The number of hydrogen-bond donors (Lipinski definition) is 0. The minimum atomic E-state index is 0.877. The highest BCUT2D eigenvalue weighted by Crippen LogP contribution is 2.48. The zero-order valence-electron chi connectivity index (χ0n) is 18.6. The van der Waals surface area contributed by atoms with Crippen molar-refractivity contribution in [2.24, 2.45) is 11.8 Å². The van der Waals surface area contributed by atoms with Crippen LogP contribution in [0.1, 0.15) is 135 Å². The summed E-state index contributed by atoms with van der Waals surface area (Å²) in [4.78, 5) is 2.93. The average Bonchev–Trinajstić information content (AvgIpc) is 3.42. The first-order chi connectivity index (χ1) is 13.4. The maximum absolute atomic E-state index is 2.93. The van der Waals surface area contributed by atoms with Crippen LogP contribution < -0.4 is 0 Å². The highest BCUT2D eigenvalue weighted by molar-refractivity contribution is 4.96. The predicted octanol–water partition coefficient (Wildman–Crippen LogP) is 8.12. The third kappa shape index (κ3) is 7.71. The van der Waals surface area contributed by atoms with E-state index in [1.807, 2.05) is 0 Å². The largest absolute Gasteiger partial charge is 0.300 e. The van der Waals surface area contributed by atoms with Crippen LogP contribution in [0, 0.1) is 11.8 Å². The van der Waals surface area contributed by atoms with Crippen LogP contribution >= 0.6 is 0 Å². The maximum Gasteiger partial charge on any atom is 0.0126 e. The van der Waals surface area contributed by atoms with Crippen molar-refractivity contribution in [3.05, 3.63) is 0 Å². The normalized spacial score (nSPS) is 33.8. The molecule has 3 fully saturated rings. The van der Waals surface area contributed by atoms with Gasteiger partial charge in [0.05, 0.1) is 0 Å². The third-order valence-electron chi connectivity index (χ3n) is 8.22. The van der Waals surface area contributed by atoms with Crippen LogP contribution in [-0.4, -0.2) is 24.0 Å². The SMILES string of the molecule is CN(C1CCCCCCCCCCCC1)C1CCCCCCCCC2CC21. The van der Waals surface area contributed by atoms with Gasteiger partial charge in [0.1, 0.15) is 0 Å². The molecule has 0 heterocycles. The number of hydrogen-bond acceptors (Lipinski definition) is 1. The van der Waals surface area contributed by atoms with E-state index in [9.17, 15) is 0 Å². The van der Waals surface area contributed by atoms with E-state index in [0.717, 1.165) is 23.9 Å². The predicted molar refractivity (Wildman–Crippen MR) is 119 cm³/mol. The third-order valence-corrected chi connectivity index (χ3v) is 8.22. The quantitative estimate of drug-likeness (QED) is 0.471. The summed E-state index contributed by atoms with van der Waals surface area (Å²) in [7, 11) is 2.53. The Labute approximate surface area is 171 Å². The molecule has 0 aromatic rings. The highest BCUT2D eigenvalue weighted by Gasteiger charge is 2.44. The van der Waals surface area contributed by atoms with E-state index in [4.69, 9.17) is 0 Å². The van der Waals surface area contributed by atoms with Gasteiger partial charge in [0.25, 0.3) is 0 Å². The van der Waals surface area contributed by atoms with Crippen molar-refractivity contribution in [2.75, 3.05) is 7.05 Å². The fraction of sp³-hybridized carbons (Fsp3) is 1.00. The van der Waals surface area contributed by atoms with Gasteiger partial charge in [-0.15, -0.1) is 0 Å². The lowest BCUT2D eigenvalue weighted by Crippen LogP contribution is -2.42. The van der Waals surface area contributed by atoms with E-state index < -0.39 is 0 Å². The molecule has 3 aliphatic carbocycles. The molecule has 0 radical (unpaired) electrons. The molecule has 27 heavy (non-hydrogen) atoms. The second-order valence-corrected chi connectivity index (χ2v) is 10.4. The molecule has 3 unspecified atom stereocenters. The molecule has 0 spiro atoms. The topological polar surface area (TPSA) is 3.24 Å². The molecule has 3 aliphatic rings. The van der Waals surface area contributed by atoms with Crippen molar-refractivity contribution in [1.82, 2.24) is 4.90 Å². The zero-order chi connectivity index (χ0) is 18.7. The van der Waals surface area contributed by atoms with Crippen molar-refractivity contribution >= 4 is 0 Å². The minimum Gasteiger partial charge on any atom is -0.300 e. The van der Waals surface area contributed by atoms with E-state index in [2.05, 4.69) is 11.9 Å². The first-order valence-corrected chi connectivity index (χ1v) is 13.1. The molecule has 158 valence electrons. The monoisotopic (exact) mass is 375 g/mol. The average molecular weight is 376 g/mol. The van der Waals surface area contributed by atoms with Gasteiger partial charge in [-0.2, -0.15) is 0 Å². The van der Waals surface area contributed by atoms with Crippen molar-refractivity contribution in [3.8, 4) is 0 Å². The summed E-state index contributed by atoms with van der Waals surface area (Å²) in [5, 5.41) is 0. The minimum absolute atomic E-state index is 0.877. The maximum atomic E-state index is 2.93. The molecule has 0 aromatic heterocycles. The van der Waals surface area contributed by atoms with Crippen LogP contribution in [0.2, 0.25) is 0 Å². The standard InChI is InChI=1S/C26H49N/c1-27(24-19-15-11-6-4-2-3-5-7-12-16-20-24)26-21-17-13-9-8-10-14-18-23-22-25(23)26/h23-26H,2-22H2,1H3. The van der Waals surface area contributed by atoms with Gasteiger partial charge in [-0.05, 0) is 44.6 Å². The second kappa shape index (κ2) is 12.5. The Morgan fingerprint density at radius 3 is 1.41 bits per heavy atom. The number of nitrogens with zero attached hydrogens (tertiary/aromatic N) is 1. The Morgan fingerprint density at radius 2 is 0.889 bits per heavy atom. The first kappa shape index (κ1) is 21.7. The van der Waals surface area contributed by atoms with Gasteiger partial charge in [-0.25, -0.2) is 0 Å². The van der Waals surface area contributed by atoms with E-state index in [1.54, 1.807) is 12.8 Å². The molecule has 1 heteroatoms. The van der Waals surface area contributed by atoms with E-state index in [-0.39, 0.29) is 0 Å². The first-order valence-electron chi connectivity index (χ1n) is 13.1. The van der Waals surface area contributed by atoms with Gasteiger partial charge in [-0.1, -0.05) is 109 Å². The van der Waals surface area contributed by atoms with Crippen LogP contribution in [0.4, 0.5) is 0 Å². The van der Waals surface area contributed by atoms with Gasteiger partial charge < -0.3 is 4.90 Å². The van der Waals surface area contributed by atoms with Crippen molar-refractivity contribution in [3.63, 3.8) is 0 Å². The number of fused-ring (bicyclic) bond motifs is 1. The zero-order valence-corrected chi connectivity index (χ0v) is 18.6. The molecule has 0 bridgehead atoms. The smallest absolute Gasteiger partial charge is 0.0126 e. The van der Waals surface area contributed by atoms with Gasteiger partial charge in [0.2, 0.25) is 0 Å². The summed E-state index contributed by atoms with van der Waals surface area (Å²) in [6.07, 6.45) is 31.4. The van der Waals surface area contributed by atoms with Crippen LogP contribution in [-0.2, 0) is 0 Å². The summed E-state index contributed by atoms with van der Waals surface area (Å²) in [6, 6.07) is 1.79. The van der Waals surface area contributed by atoms with Gasteiger partial charge >= 0.3 is 0 Å². The van der Waals surface area contributed by atoms with Gasteiger partial charge in [0, 0.05) is 12.1 Å². The molecule has 0 N–H and O–H groups in total. The Hall–Kier alpha value is -0.0400. The molecule has 3 atom stereocenters. The summed E-state index contributed by atoms with van der Waals surface area (Å²) in [5.74, 6) is 2.14. The lowest BCUT2D eigenvalue weighted by molar-refractivity contribution is 0.121. The molecule has 0 saturated heterocycles. The van der Waals surface area contributed by atoms with E-state index in [1.165, 1.54) is 122 Å². The molecule has 3 saturated carbocycles. The summed E-state index contributed by atoms with van der Waals surface area (Å²) >= 11 is 0. The van der Waals surface area contributed by atoms with Crippen molar-refractivity contribution < 1.29 is 0 Å². The van der Waals surface area contributed by atoms with Crippen LogP contribution in [0.15, 0.2) is 0 Å². The van der Waals surface area contributed by atoms with Crippen LogP contribution in [0.25, 0.3) is 0 Å². The molecule has 1 nitrogen and oxygen atoms in total. The Balaban J connectivity index is 1.55. The lowest BCUT2D eigenvalue weighted by Gasteiger charge is -2.36. The molecule has 0 aromatic carbocycles. The Morgan fingerprint density at radius 1 is 0.481 bits per heavy atom. The van der Waals surface area contributed by atoms with Crippen LogP contribution in [0.3, 0.4) is 0 Å². The summed E-state index contributed by atoms with van der Waals surface area (Å²) in [6.45, 7) is 0. The van der Waals surface area contributed by atoms with E-state index >= 15 is 0 Å². The summed E-state index contributed by atoms with van der Waals surface area (Å²) in [5.41, 5.74) is 0. The molecule has 0 amide bonds. The lowest BCUT2D eigenvalue weighted by atomic mass is 9.94. The Kier molecular flexibility index (Phi) is 10.0. The van der Waals surface area contributed by atoms with Crippen LogP contribution in [0.5, 0.6) is 0 Å². The fourth-order valence-electron chi connectivity index (χ4n) is 6.26. The summed E-state index contributed by atoms with van der Waals surface area (Å²) < 4.78 is 0. The van der Waals surface area contributed by atoms with Gasteiger partial charge in [0.15, 0.2) is 0 Å². The molecular formula is C26H49N. The molecule has 0 aliphatic heterocycles. The fourth-order valence-corrected chi connectivity index (χ4v) is 6.26.